The number of rotatable bonds is 1. The monoisotopic (exact) mass is 202 g/mol. The highest BCUT2D eigenvalue weighted by molar-refractivity contribution is 5.79. The molecule has 0 unspecified atom stereocenters. The maximum absolute atomic E-state index is 4.25. The van der Waals surface area contributed by atoms with Gasteiger partial charge in [-0.15, -0.1) is 0 Å². The zero-order valence-electron chi connectivity index (χ0n) is 9.91. The van der Waals surface area contributed by atoms with Crippen LogP contribution >= 0.6 is 0 Å². The van der Waals surface area contributed by atoms with E-state index in [0.717, 1.165) is 6.42 Å². The minimum absolute atomic E-state index is 0.340. The Morgan fingerprint density at radius 2 is 2.00 bits per heavy atom. The average molecular weight is 202 g/mol. The summed E-state index contributed by atoms with van der Waals surface area (Å²) in [7, 11) is 1.99. The smallest absolute Gasteiger partial charge is 0.0681 e. The predicted octanol–water partition coefficient (Wildman–Crippen LogP) is 3.16. The van der Waals surface area contributed by atoms with Crippen molar-refractivity contribution in [3.05, 3.63) is 30.0 Å². The molecular weight excluding hydrogens is 184 g/mol. The zero-order chi connectivity index (χ0) is 11.1. The minimum Gasteiger partial charge on any atom is -0.268 e. The molecule has 0 radical (unpaired) electrons. The van der Waals surface area contributed by atoms with Crippen LogP contribution in [-0.2, 0) is 13.5 Å². The molecule has 0 aliphatic rings. The van der Waals surface area contributed by atoms with Crippen LogP contribution in [-0.4, -0.2) is 9.78 Å². The first kappa shape index (κ1) is 10.2. The summed E-state index contributed by atoms with van der Waals surface area (Å²) in [5.74, 6) is 0. The van der Waals surface area contributed by atoms with Crippen molar-refractivity contribution in [3.63, 3.8) is 0 Å². The molecule has 0 spiro atoms. The number of hydrogen-bond acceptors (Lipinski definition) is 1. The highest BCUT2D eigenvalue weighted by atomic mass is 15.2. The molecule has 15 heavy (non-hydrogen) atoms. The third-order valence-corrected chi connectivity index (χ3v) is 2.55. The van der Waals surface area contributed by atoms with Crippen LogP contribution in [0.1, 0.15) is 26.3 Å². The molecule has 0 saturated carbocycles. The molecule has 0 amide bonds. The summed E-state index contributed by atoms with van der Waals surface area (Å²) >= 11 is 0. The third kappa shape index (κ3) is 2.20. The zero-order valence-corrected chi connectivity index (χ0v) is 9.91. The van der Waals surface area contributed by atoms with Crippen LogP contribution in [0, 0.1) is 5.41 Å². The van der Waals surface area contributed by atoms with E-state index < -0.39 is 0 Å². The molecule has 2 heteroatoms. The van der Waals surface area contributed by atoms with E-state index in [1.165, 1.54) is 16.5 Å². The Bertz CT molecular complexity index is 475. The van der Waals surface area contributed by atoms with Crippen molar-refractivity contribution < 1.29 is 0 Å². The second kappa shape index (κ2) is 3.37. The third-order valence-electron chi connectivity index (χ3n) is 2.55. The molecule has 1 aromatic heterocycles. The first-order chi connectivity index (χ1) is 6.96. The molecule has 0 atom stereocenters. The maximum Gasteiger partial charge on any atom is 0.0681 e. The number of fused-ring (bicyclic) bond motifs is 1. The molecule has 1 heterocycles. The van der Waals surface area contributed by atoms with Crippen molar-refractivity contribution in [2.45, 2.75) is 27.2 Å². The molecule has 0 aliphatic heterocycles. The average Bonchev–Trinajstić information content (AvgIpc) is 2.45. The van der Waals surface area contributed by atoms with E-state index in [4.69, 9.17) is 0 Å². The van der Waals surface area contributed by atoms with Crippen LogP contribution in [0.15, 0.2) is 24.4 Å². The van der Waals surface area contributed by atoms with E-state index in [1.54, 1.807) is 0 Å². The molecule has 2 aromatic rings. The number of nitrogens with zero attached hydrogens (tertiary/aromatic N) is 2. The highest BCUT2D eigenvalue weighted by Crippen LogP contribution is 2.23. The Hall–Kier alpha value is -1.31. The fourth-order valence-corrected chi connectivity index (χ4v) is 1.91. The van der Waals surface area contributed by atoms with E-state index in [-0.39, 0.29) is 0 Å². The van der Waals surface area contributed by atoms with Crippen LogP contribution in [0.5, 0.6) is 0 Å². The van der Waals surface area contributed by atoms with Gasteiger partial charge >= 0.3 is 0 Å². The van der Waals surface area contributed by atoms with Gasteiger partial charge in [0, 0.05) is 12.4 Å². The van der Waals surface area contributed by atoms with Crippen molar-refractivity contribution in [1.82, 2.24) is 9.78 Å². The molecule has 80 valence electrons. The maximum atomic E-state index is 4.25. The van der Waals surface area contributed by atoms with Gasteiger partial charge in [0.15, 0.2) is 0 Å². The predicted molar refractivity (Wildman–Crippen MR) is 63.9 cm³/mol. The second-order valence-corrected chi connectivity index (χ2v) is 5.40. The van der Waals surface area contributed by atoms with E-state index >= 15 is 0 Å². The number of aromatic nitrogens is 2. The van der Waals surface area contributed by atoms with Crippen LogP contribution in [0.25, 0.3) is 10.9 Å². The molecule has 0 fully saturated rings. The summed E-state index contributed by atoms with van der Waals surface area (Å²) in [6.45, 7) is 6.79. The van der Waals surface area contributed by atoms with Gasteiger partial charge in [0.25, 0.3) is 0 Å². The Morgan fingerprint density at radius 3 is 2.67 bits per heavy atom. The largest absolute Gasteiger partial charge is 0.268 e. The molecule has 0 saturated heterocycles. The second-order valence-electron chi connectivity index (χ2n) is 5.40. The summed E-state index contributed by atoms with van der Waals surface area (Å²) in [6.07, 6.45) is 3.02. The van der Waals surface area contributed by atoms with Gasteiger partial charge in [-0.25, -0.2) is 0 Å². The van der Waals surface area contributed by atoms with Gasteiger partial charge in [0.05, 0.1) is 11.7 Å². The van der Waals surface area contributed by atoms with Crippen molar-refractivity contribution in [3.8, 4) is 0 Å². The van der Waals surface area contributed by atoms with Crippen molar-refractivity contribution >= 4 is 10.9 Å². The van der Waals surface area contributed by atoms with Gasteiger partial charge in [0.1, 0.15) is 0 Å². The summed E-state index contributed by atoms with van der Waals surface area (Å²) < 4.78 is 1.93. The topological polar surface area (TPSA) is 17.8 Å². The fraction of sp³-hybridized carbons (Fsp3) is 0.462. The van der Waals surface area contributed by atoms with Crippen molar-refractivity contribution in [1.29, 1.82) is 0 Å². The SMILES string of the molecule is Cn1ncc2ccc(CC(C)(C)C)cc21. The van der Waals surface area contributed by atoms with Gasteiger partial charge in [-0.05, 0) is 23.5 Å². The first-order valence-corrected chi connectivity index (χ1v) is 5.36. The van der Waals surface area contributed by atoms with E-state index in [1.807, 2.05) is 17.9 Å². The molecule has 2 nitrogen and oxygen atoms in total. The van der Waals surface area contributed by atoms with Crippen LogP contribution in [0.4, 0.5) is 0 Å². The summed E-state index contributed by atoms with van der Waals surface area (Å²) in [6, 6.07) is 6.60. The molecule has 0 N–H and O–H groups in total. The lowest BCUT2D eigenvalue weighted by atomic mass is 9.88. The Kier molecular flexibility index (Phi) is 2.29. The fourth-order valence-electron chi connectivity index (χ4n) is 1.91. The summed E-state index contributed by atoms with van der Waals surface area (Å²) in [5, 5.41) is 5.47. The van der Waals surface area contributed by atoms with Gasteiger partial charge in [0.2, 0.25) is 0 Å². The van der Waals surface area contributed by atoms with E-state index in [2.05, 4.69) is 44.1 Å². The van der Waals surface area contributed by atoms with Crippen molar-refractivity contribution in [2.24, 2.45) is 12.5 Å². The molecule has 0 aliphatic carbocycles. The lowest BCUT2D eigenvalue weighted by molar-refractivity contribution is 0.411. The normalized spacial score (nSPS) is 12.3. The van der Waals surface area contributed by atoms with E-state index in [9.17, 15) is 0 Å². The summed E-state index contributed by atoms with van der Waals surface area (Å²) in [4.78, 5) is 0. The Balaban J connectivity index is 2.42. The van der Waals surface area contributed by atoms with Gasteiger partial charge in [-0.1, -0.05) is 32.9 Å². The lowest BCUT2D eigenvalue weighted by Gasteiger charge is -2.18. The quantitative estimate of drug-likeness (QED) is 0.694. The molecular formula is C13H18N2. The van der Waals surface area contributed by atoms with Crippen LogP contribution in [0.3, 0.4) is 0 Å². The molecule has 2 rings (SSSR count). The lowest BCUT2D eigenvalue weighted by Crippen LogP contribution is -2.09. The Labute approximate surface area is 90.9 Å². The van der Waals surface area contributed by atoms with E-state index in [0.29, 0.717) is 5.41 Å². The molecule has 0 bridgehead atoms. The highest BCUT2D eigenvalue weighted by Gasteiger charge is 2.11. The summed E-state index contributed by atoms with van der Waals surface area (Å²) in [5.41, 5.74) is 2.95. The molecule has 1 aromatic carbocycles. The number of benzene rings is 1. The Morgan fingerprint density at radius 1 is 1.27 bits per heavy atom. The van der Waals surface area contributed by atoms with Gasteiger partial charge < -0.3 is 0 Å². The van der Waals surface area contributed by atoms with Crippen LogP contribution in [0.2, 0.25) is 0 Å². The minimum atomic E-state index is 0.340. The number of aryl methyl sites for hydroxylation is 1. The van der Waals surface area contributed by atoms with Gasteiger partial charge in [-0.3, -0.25) is 4.68 Å². The van der Waals surface area contributed by atoms with Crippen molar-refractivity contribution in [2.75, 3.05) is 0 Å². The van der Waals surface area contributed by atoms with Gasteiger partial charge in [-0.2, -0.15) is 5.10 Å². The standard InChI is InChI=1S/C13H18N2/c1-13(2,3)8-10-5-6-11-9-14-15(4)12(11)7-10/h5-7,9H,8H2,1-4H3. The first-order valence-electron chi connectivity index (χ1n) is 5.36. The number of hydrogen-bond donors (Lipinski definition) is 0. The van der Waals surface area contributed by atoms with Crippen LogP contribution < -0.4 is 0 Å².